The Labute approximate surface area is 191 Å². The van der Waals surface area contributed by atoms with E-state index in [1.54, 1.807) is 6.92 Å². The molecule has 12 heteroatoms. The van der Waals surface area contributed by atoms with E-state index in [4.69, 9.17) is 23.2 Å². The third-order valence-electron chi connectivity index (χ3n) is 4.94. The highest BCUT2D eigenvalue weighted by atomic mass is 35.5. The molecule has 1 aliphatic rings. The fourth-order valence-electron chi connectivity index (χ4n) is 3.25. The van der Waals surface area contributed by atoms with E-state index < -0.39 is 35.0 Å². The van der Waals surface area contributed by atoms with E-state index in [9.17, 15) is 28.0 Å². The van der Waals surface area contributed by atoms with Gasteiger partial charge in [0.1, 0.15) is 12.1 Å². The van der Waals surface area contributed by atoms with Gasteiger partial charge in [-0.25, -0.2) is 9.78 Å². The van der Waals surface area contributed by atoms with Crippen molar-refractivity contribution >= 4 is 35.1 Å². The molecule has 0 spiro atoms. The number of hydrogen-bond donors (Lipinski definition) is 2. The number of pyridine rings is 1. The lowest BCUT2D eigenvalue weighted by Crippen LogP contribution is -2.58. The van der Waals surface area contributed by atoms with Gasteiger partial charge >= 0.3 is 12.2 Å². The molecule has 0 radical (unpaired) electrons. The van der Waals surface area contributed by atoms with Crippen molar-refractivity contribution in [3.05, 3.63) is 62.9 Å². The van der Waals surface area contributed by atoms with Gasteiger partial charge in [-0.15, -0.1) is 0 Å². The largest absolute Gasteiger partial charge is 0.434 e. The molecule has 2 heterocycles. The van der Waals surface area contributed by atoms with Gasteiger partial charge in [0.15, 0.2) is 5.69 Å². The maximum Gasteiger partial charge on any atom is 0.434 e. The van der Waals surface area contributed by atoms with Crippen LogP contribution in [0, 0.1) is 11.3 Å². The van der Waals surface area contributed by atoms with Crippen molar-refractivity contribution in [1.82, 2.24) is 20.5 Å². The van der Waals surface area contributed by atoms with Gasteiger partial charge in [-0.05, 0) is 36.2 Å². The van der Waals surface area contributed by atoms with Crippen molar-refractivity contribution < 1.29 is 22.8 Å². The van der Waals surface area contributed by atoms with Crippen molar-refractivity contribution in [1.29, 1.82) is 5.26 Å². The maximum absolute atomic E-state index is 13.1. The molecule has 0 bridgehead atoms. The first-order valence-corrected chi connectivity index (χ1v) is 10.1. The Hall–Kier alpha value is -3.03. The maximum atomic E-state index is 13.1. The van der Waals surface area contributed by atoms with Gasteiger partial charge in [0.05, 0.1) is 21.7 Å². The van der Waals surface area contributed by atoms with E-state index in [0.29, 0.717) is 5.56 Å². The van der Waals surface area contributed by atoms with Gasteiger partial charge in [-0.3, -0.25) is 4.79 Å². The second-order valence-electron chi connectivity index (χ2n) is 6.99. The topological polar surface area (TPSA) is 98.1 Å². The van der Waals surface area contributed by atoms with Crippen LogP contribution in [0.25, 0.3) is 0 Å². The van der Waals surface area contributed by atoms with E-state index in [-0.39, 0.29) is 35.1 Å². The minimum Gasteiger partial charge on any atom is -0.353 e. The number of aromatic nitrogens is 1. The molecule has 3 amide bonds. The van der Waals surface area contributed by atoms with Crippen LogP contribution in [0.3, 0.4) is 0 Å². The number of halogens is 5. The molecule has 1 saturated heterocycles. The van der Waals surface area contributed by atoms with Crippen LogP contribution in [0.15, 0.2) is 30.5 Å². The third kappa shape index (κ3) is 4.89. The van der Waals surface area contributed by atoms with Gasteiger partial charge < -0.3 is 15.5 Å². The summed E-state index contributed by atoms with van der Waals surface area (Å²) >= 11 is 11.8. The van der Waals surface area contributed by atoms with Gasteiger partial charge in [0.25, 0.3) is 0 Å². The molecule has 1 aromatic heterocycles. The van der Waals surface area contributed by atoms with Crippen LogP contribution in [-0.4, -0.2) is 41.0 Å². The Kier molecular flexibility index (Phi) is 6.81. The van der Waals surface area contributed by atoms with Crippen LogP contribution in [-0.2, 0) is 11.0 Å². The van der Waals surface area contributed by atoms with Crippen LogP contribution in [0.1, 0.15) is 35.3 Å². The summed E-state index contributed by atoms with van der Waals surface area (Å²) < 4.78 is 39.2. The summed E-state index contributed by atoms with van der Waals surface area (Å²) in [6.45, 7) is 2.05. The average Bonchev–Trinajstić information content (AvgIpc) is 2.73. The lowest BCUT2D eigenvalue weighted by molar-refractivity contribution is -0.141. The number of nitrogens with zero attached hydrogens (tertiary/aromatic N) is 3. The Morgan fingerprint density at radius 3 is 2.66 bits per heavy atom. The number of rotatable bonds is 3. The molecule has 1 aromatic carbocycles. The van der Waals surface area contributed by atoms with Gasteiger partial charge in [0.2, 0.25) is 5.91 Å². The molecule has 7 nitrogen and oxygen atoms in total. The van der Waals surface area contributed by atoms with Crippen molar-refractivity contribution in [3.63, 3.8) is 0 Å². The van der Waals surface area contributed by atoms with E-state index in [2.05, 4.69) is 15.6 Å². The first-order chi connectivity index (χ1) is 15.0. The lowest BCUT2D eigenvalue weighted by Gasteiger charge is -2.34. The van der Waals surface area contributed by atoms with Crippen molar-refractivity contribution in [3.8, 4) is 6.07 Å². The summed E-state index contributed by atoms with van der Waals surface area (Å²) in [5, 5.41) is 14.1. The molecular weight excluding hydrogens is 470 g/mol. The number of piperazine rings is 1. The van der Waals surface area contributed by atoms with Crippen molar-refractivity contribution in [2.24, 2.45) is 0 Å². The first-order valence-electron chi connectivity index (χ1n) is 9.30. The molecule has 0 aliphatic carbocycles. The molecule has 1 aliphatic heterocycles. The summed E-state index contributed by atoms with van der Waals surface area (Å²) in [6.07, 6.45) is -3.80. The molecular formula is C20H16Cl2F3N5O2. The molecule has 2 atom stereocenters. The summed E-state index contributed by atoms with van der Waals surface area (Å²) in [5.74, 6) is -0.333. The third-order valence-corrected chi connectivity index (χ3v) is 5.55. The number of amides is 3. The standard InChI is InChI=1S/C20H16Cl2F3N5O2/c1-10-18(31)27-4-5-30(10)19(32)29-16(11-2-3-14(21)12(6-11)8-26)13-7-15(22)17(28-9-13)20(23,24)25/h2-3,6-7,9-10,16H,4-5H2,1H3,(H,27,31)(H,29,32)/t10-,16+/m1/s1. The summed E-state index contributed by atoms with van der Waals surface area (Å²) in [5.41, 5.74) is -0.633. The Morgan fingerprint density at radius 1 is 1.31 bits per heavy atom. The molecule has 2 aromatic rings. The second-order valence-corrected chi connectivity index (χ2v) is 7.81. The van der Waals surface area contributed by atoms with E-state index >= 15 is 0 Å². The zero-order valence-corrected chi connectivity index (χ0v) is 18.0. The van der Waals surface area contributed by atoms with Crippen LogP contribution in [0.4, 0.5) is 18.0 Å². The number of carbonyl (C=O) groups is 2. The molecule has 2 N–H and O–H groups in total. The highest BCUT2D eigenvalue weighted by Crippen LogP contribution is 2.35. The smallest absolute Gasteiger partial charge is 0.353 e. The fourth-order valence-corrected chi connectivity index (χ4v) is 3.69. The predicted octanol–water partition coefficient (Wildman–Crippen LogP) is 3.90. The van der Waals surface area contributed by atoms with Crippen molar-refractivity contribution in [2.45, 2.75) is 25.2 Å². The van der Waals surface area contributed by atoms with Crippen LogP contribution in [0.5, 0.6) is 0 Å². The first kappa shape index (κ1) is 23.6. The minimum absolute atomic E-state index is 0.111. The predicted molar refractivity (Wildman–Crippen MR) is 110 cm³/mol. The minimum atomic E-state index is -4.75. The van der Waals surface area contributed by atoms with E-state index in [1.165, 1.54) is 23.1 Å². The van der Waals surface area contributed by atoms with Crippen molar-refractivity contribution in [2.75, 3.05) is 13.1 Å². The van der Waals surface area contributed by atoms with Crippen LogP contribution < -0.4 is 10.6 Å². The summed E-state index contributed by atoms with van der Waals surface area (Å²) in [6, 6.07) is 4.94. The highest BCUT2D eigenvalue weighted by molar-refractivity contribution is 6.31. The Balaban J connectivity index is 2.02. The Morgan fingerprint density at radius 2 is 2.03 bits per heavy atom. The number of nitriles is 1. The number of alkyl halides is 3. The number of urea groups is 1. The fraction of sp³-hybridized carbons (Fsp3) is 0.300. The zero-order valence-electron chi connectivity index (χ0n) is 16.5. The van der Waals surface area contributed by atoms with Gasteiger partial charge in [-0.2, -0.15) is 18.4 Å². The normalized spacial score (nSPS) is 17.3. The number of benzene rings is 1. The van der Waals surface area contributed by atoms with Gasteiger partial charge in [-0.1, -0.05) is 29.3 Å². The monoisotopic (exact) mass is 485 g/mol. The van der Waals surface area contributed by atoms with Crippen LogP contribution >= 0.6 is 23.2 Å². The Bertz CT molecular complexity index is 1100. The molecule has 168 valence electrons. The lowest BCUT2D eigenvalue weighted by atomic mass is 9.98. The number of hydrogen-bond acceptors (Lipinski definition) is 4. The number of carbonyl (C=O) groups excluding carboxylic acids is 2. The second kappa shape index (κ2) is 9.22. The van der Waals surface area contributed by atoms with E-state index in [1.807, 2.05) is 6.07 Å². The summed E-state index contributed by atoms with van der Waals surface area (Å²) in [7, 11) is 0. The SMILES string of the molecule is C[C@@H]1C(=O)NCCN1C(=O)N[C@H](c1cnc(C(F)(F)F)c(Cl)c1)c1ccc(Cl)c(C#N)c1. The molecule has 32 heavy (non-hydrogen) atoms. The summed E-state index contributed by atoms with van der Waals surface area (Å²) in [4.78, 5) is 29.6. The average molecular weight is 486 g/mol. The molecule has 0 saturated carbocycles. The quantitative estimate of drug-likeness (QED) is 0.688. The highest BCUT2D eigenvalue weighted by Gasteiger charge is 2.36. The molecule has 0 unspecified atom stereocenters. The molecule has 1 fully saturated rings. The number of nitrogens with one attached hydrogen (secondary N) is 2. The van der Waals surface area contributed by atoms with E-state index in [0.717, 1.165) is 12.3 Å². The zero-order chi connectivity index (χ0) is 23.6. The molecule has 3 rings (SSSR count). The van der Waals surface area contributed by atoms with Crippen LogP contribution in [0.2, 0.25) is 10.0 Å². The van der Waals surface area contributed by atoms with Gasteiger partial charge in [0, 0.05) is 19.3 Å².